The summed E-state index contributed by atoms with van der Waals surface area (Å²) in [5.41, 5.74) is 0.325. The summed E-state index contributed by atoms with van der Waals surface area (Å²) in [6.45, 7) is 4.26. The summed E-state index contributed by atoms with van der Waals surface area (Å²) in [6, 6.07) is 5.05. The highest BCUT2D eigenvalue weighted by Gasteiger charge is 2.16. The Morgan fingerprint density at radius 3 is 2.74 bits per heavy atom. The molecule has 0 aromatic heterocycles. The van der Waals surface area contributed by atoms with Crippen LogP contribution in [0, 0.1) is 5.92 Å². The predicted molar refractivity (Wildman–Crippen MR) is 75.8 cm³/mol. The first-order valence-corrected chi connectivity index (χ1v) is 6.64. The highest BCUT2D eigenvalue weighted by molar-refractivity contribution is 6.34. The minimum absolute atomic E-state index is 0.173. The van der Waals surface area contributed by atoms with Crippen molar-refractivity contribution in [1.29, 1.82) is 0 Å². The number of ether oxygens (including phenoxy) is 1. The Bertz CT molecular complexity index is 435. The lowest BCUT2D eigenvalue weighted by Gasteiger charge is -2.15. The monoisotopic (exact) mass is 285 g/mol. The van der Waals surface area contributed by atoms with E-state index < -0.39 is 6.10 Å². The molecule has 1 atom stereocenters. The molecule has 5 heteroatoms. The minimum atomic E-state index is -0.423. The number of nitrogens with one attached hydrogen (secondary N) is 1. The average Bonchev–Trinajstić information content (AvgIpc) is 2.37. The van der Waals surface area contributed by atoms with Crippen LogP contribution in [-0.4, -0.2) is 30.8 Å². The Labute approximate surface area is 118 Å². The normalized spacial score (nSPS) is 12.3. The van der Waals surface area contributed by atoms with Gasteiger partial charge in [0.25, 0.3) is 5.91 Å². The molecule has 106 valence electrons. The van der Waals surface area contributed by atoms with Crippen molar-refractivity contribution in [3.8, 4) is 5.75 Å². The van der Waals surface area contributed by atoms with Crippen LogP contribution in [-0.2, 0) is 0 Å². The van der Waals surface area contributed by atoms with Gasteiger partial charge in [-0.1, -0.05) is 31.5 Å². The summed E-state index contributed by atoms with van der Waals surface area (Å²) in [4.78, 5) is 12.0. The van der Waals surface area contributed by atoms with Crippen molar-refractivity contribution >= 4 is 17.5 Å². The van der Waals surface area contributed by atoms with Gasteiger partial charge in [0.1, 0.15) is 5.75 Å². The lowest BCUT2D eigenvalue weighted by molar-refractivity contribution is 0.0917. The fourth-order valence-electron chi connectivity index (χ4n) is 1.65. The number of carbonyl (C=O) groups is 1. The van der Waals surface area contributed by atoms with E-state index in [9.17, 15) is 9.90 Å². The van der Waals surface area contributed by atoms with E-state index in [0.29, 0.717) is 29.3 Å². The molecule has 0 saturated heterocycles. The molecule has 0 saturated carbocycles. The van der Waals surface area contributed by atoms with E-state index in [1.165, 1.54) is 7.11 Å². The fraction of sp³-hybridized carbons (Fsp3) is 0.500. The van der Waals surface area contributed by atoms with Crippen LogP contribution in [0.15, 0.2) is 18.2 Å². The van der Waals surface area contributed by atoms with Crippen LogP contribution in [0.25, 0.3) is 0 Å². The maximum atomic E-state index is 12.0. The van der Waals surface area contributed by atoms with Gasteiger partial charge in [0, 0.05) is 6.54 Å². The van der Waals surface area contributed by atoms with Crippen molar-refractivity contribution in [2.45, 2.75) is 26.4 Å². The van der Waals surface area contributed by atoms with Crippen LogP contribution >= 0.6 is 11.6 Å². The molecule has 0 aliphatic carbocycles. The summed E-state index contributed by atoms with van der Waals surface area (Å²) in [7, 11) is 1.49. The second kappa shape index (κ2) is 7.36. The van der Waals surface area contributed by atoms with Gasteiger partial charge < -0.3 is 15.2 Å². The van der Waals surface area contributed by atoms with Crippen molar-refractivity contribution < 1.29 is 14.6 Å². The zero-order chi connectivity index (χ0) is 14.4. The van der Waals surface area contributed by atoms with Gasteiger partial charge in [0.2, 0.25) is 0 Å². The molecule has 0 radical (unpaired) electrons. The van der Waals surface area contributed by atoms with Gasteiger partial charge in [-0.2, -0.15) is 0 Å². The first kappa shape index (κ1) is 15.8. The number of methoxy groups -OCH3 is 1. The number of aliphatic hydroxyl groups is 1. The third-order valence-electron chi connectivity index (χ3n) is 2.92. The molecule has 1 rings (SSSR count). The van der Waals surface area contributed by atoms with Crippen LogP contribution in [0.5, 0.6) is 5.75 Å². The molecule has 2 N–H and O–H groups in total. The van der Waals surface area contributed by atoms with E-state index in [1.807, 2.05) is 13.8 Å². The molecule has 0 bridgehead atoms. The van der Waals surface area contributed by atoms with Gasteiger partial charge in [-0.3, -0.25) is 4.79 Å². The van der Waals surface area contributed by atoms with Gasteiger partial charge in [-0.05, 0) is 24.5 Å². The summed E-state index contributed by atoms with van der Waals surface area (Å²) in [5, 5.41) is 12.7. The number of amides is 1. The van der Waals surface area contributed by atoms with Crippen molar-refractivity contribution in [1.82, 2.24) is 5.32 Å². The summed E-state index contributed by atoms with van der Waals surface area (Å²) in [6.07, 6.45) is 0.0874. The van der Waals surface area contributed by atoms with Gasteiger partial charge in [-0.15, -0.1) is 0 Å². The topological polar surface area (TPSA) is 58.6 Å². The first-order chi connectivity index (χ1) is 8.97. The molecule has 0 spiro atoms. The van der Waals surface area contributed by atoms with Gasteiger partial charge >= 0.3 is 0 Å². The van der Waals surface area contributed by atoms with E-state index in [1.54, 1.807) is 18.2 Å². The third kappa shape index (κ3) is 4.40. The molecule has 0 heterocycles. The van der Waals surface area contributed by atoms with Crippen LogP contribution < -0.4 is 10.1 Å². The highest BCUT2D eigenvalue weighted by atomic mass is 35.5. The Hall–Kier alpha value is -1.26. The minimum Gasteiger partial charge on any atom is -0.496 e. The smallest absolute Gasteiger partial charge is 0.256 e. The summed E-state index contributed by atoms with van der Waals surface area (Å²) < 4.78 is 5.12. The number of benzene rings is 1. The molecule has 1 unspecified atom stereocenters. The molecule has 0 aliphatic rings. The van der Waals surface area contributed by atoms with Crippen molar-refractivity contribution in [2.24, 2.45) is 5.92 Å². The summed E-state index contributed by atoms with van der Waals surface area (Å²) in [5.74, 6) is 0.319. The van der Waals surface area contributed by atoms with E-state index in [4.69, 9.17) is 16.3 Å². The molecule has 4 nitrogen and oxygen atoms in total. The third-order valence-corrected chi connectivity index (χ3v) is 3.23. The van der Waals surface area contributed by atoms with Gasteiger partial charge in [0.15, 0.2) is 0 Å². The van der Waals surface area contributed by atoms with Crippen molar-refractivity contribution in [2.75, 3.05) is 13.7 Å². The molecule has 1 amide bonds. The number of hydrogen-bond acceptors (Lipinski definition) is 3. The largest absolute Gasteiger partial charge is 0.496 e. The Balaban J connectivity index is 2.64. The van der Waals surface area contributed by atoms with Gasteiger partial charge in [0.05, 0.1) is 23.8 Å². The van der Waals surface area contributed by atoms with Crippen LogP contribution in [0.2, 0.25) is 5.02 Å². The number of rotatable bonds is 6. The van der Waals surface area contributed by atoms with Crippen molar-refractivity contribution in [3.63, 3.8) is 0 Å². The molecule has 1 aromatic rings. The highest BCUT2D eigenvalue weighted by Crippen LogP contribution is 2.25. The molecule has 1 aromatic carbocycles. The Morgan fingerprint density at radius 1 is 1.47 bits per heavy atom. The van der Waals surface area contributed by atoms with Crippen LogP contribution in [0.3, 0.4) is 0 Å². The van der Waals surface area contributed by atoms with Crippen LogP contribution in [0.1, 0.15) is 30.6 Å². The fourth-order valence-corrected chi connectivity index (χ4v) is 1.90. The molecule has 0 fully saturated rings. The number of aliphatic hydroxyl groups excluding tert-OH is 1. The van der Waals surface area contributed by atoms with Gasteiger partial charge in [-0.25, -0.2) is 0 Å². The maximum Gasteiger partial charge on any atom is 0.256 e. The quantitative estimate of drug-likeness (QED) is 0.844. The van der Waals surface area contributed by atoms with E-state index in [-0.39, 0.29) is 11.8 Å². The summed E-state index contributed by atoms with van der Waals surface area (Å²) >= 11 is 6.00. The molecular weight excluding hydrogens is 266 g/mol. The second-order valence-corrected chi connectivity index (χ2v) is 5.08. The lowest BCUT2D eigenvalue weighted by Crippen LogP contribution is -2.29. The van der Waals surface area contributed by atoms with Crippen molar-refractivity contribution in [3.05, 3.63) is 28.8 Å². The van der Waals surface area contributed by atoms with E-state index in [2.05, 4.69) is 5.32 Å². The molecule has 19 heavy (non-hydrogen) atoms. The number of hydrogen-bond donors (Lipinski definition) is 2. The molecule has 0 aliphatic heterocycles. The zero-order valence-electron chi connectivity index (χ0n) is 11.4. The lowest BCUT2D eigenvalue weighted by atomic mass is 10.0. The van der Waals surface area contributed by atoms with E-state index in [0.717, 1.165) is 0 Å². The zero-order valence-corrected chi connectivity index (χ0v) is 12.2. The number of carbonyl (C=O) groups excluding carboxylic acids is 1. The number of halogens is 1. The predicted octanol–water partition coefficient (Wildman–Crippen LogP) is 2.49. The Kier molecular flexibility index (Phi) is 6.12. The second-order valence-electron chi connectivity index (χ2n) is 4.67. The Morgan fingerprint density at radius 2 is 2.16 bits per heavy atom. The average molecular weight is 286 g/mol. The first-order valence-electron chi connectivity index (χ1n) is 6.26. The standard InChI is InChI=1S/C14H20ClNO3/c1-9(2)11(17)7-8-16-14(18)13-10(15)5-4-6-12(13)19-3/h4-6,9,11,17H,7-8H2,1-3H3,(H,16,18). The van der Waals surface area contributed by atoms with E-state index >= 15 is 0 Å². The molecular formula is C14H20ClNO3. The maximum absolute atomic E-state index is 12.0. The van der Waals surface area contributed by atoms with Crippen LogP contribution in [0.4, 0.5) is 0 Å². The SMILES string of the molecule is COc1cccc(Cl)c1C(=O)NCCC(O)C(C)C.